The van der Waals surface area contributed by atoms with E-state index in [1.54, 1.807) is 0 Å². The summed E-state index contributed by atoms with van der Waals surface area (Å²) in [7, 11) is 0. The molecule has 1 rings (SSSR count). The van der Waals surface area contributed by atoms with E-state index in [9.17, 15) is 0 Å². The van der Waals surface area contributed by atoms with Crippen molar-refractivity contribution in [3.05, 3.63) is 0 Å². The smallest absolute Gasteiger partial charge is 0.0136 e. The van der Waals surface area contributed by atoms with Gasteiger partial charge in [-0.2, -0.15) is 0 Å². The van der Waals surface area contributed by atoms with E-state index in [0.29, 0.717) is 6.04 Å². The van der Waals surface area contributed by atoms with Gasteiger partial charge in [0.05, 0.1) is 0 Å². The molecule has 0 aliphatic heterocycles. The number of nitrogens with one attached hydrogen (secondary N) is 1. The van der Waals surface area contributed by atoms with E-state index in [-0.39, 0.29) is 0 Å². The van der Waals surface area contributed by atoms with Crippen LogP contribution in [0.1, 0.15) is 39.5 Å². The highest BCUT2D eigenvalue weighted by Gasteiger charge is 2.17. The second kappa shape index (κ2) is 4.83. The lowest BCUT2D eigenvalue weighted by atomic mass is 9.87. The minimum absolute atomic E-state index is 0.296. The Morgan fingerprint density at radius 1 is 1.33 bits per heavy atom. The standard InChI is InChI=1S/C10H22N2/c1-8-3-5-10(6-4-8)12-7-9(2)11/h8-10,12H,3-7,11H2,1-2H3. The third kappa shape index (κ3) is 3.55. The molecule has 0 radical (unpaired) electrons. The third-order valence-electron chi connectivity index (χ3n) is 2.74. The zero-order valence-corrected chi connectivity index (χ0v) is 8.34. The van der Waals surface area contributed by atoms with E-state index in [1.807, 2.05) is 0 Å². The van der Waals surface area contributed by atoms with Gasteiger partial charge in [-0.15, -0.1) is 0 Å². The largest absolute Gasteiger partial charge is 0.327 e. The molecule has 1 saturated carbocycles. The van der Waals surface area contributed by atoms with Gasteiger partial charge in [-0.25, -0.2) is 0 Å². The molecule has 1 fully saturated rings. The lowest BCUT2D eigenvalue weighted by Crippen LogP contribution is -2.39. The predicted molar refractivity (Wildman–Crippen MR) is 53.1 cm³/mol. The Kier molecular flexibility index (Phi) is 4.02. The van der Waals surface area contributed by atoms with Crippen molar-refractivity contribution in [1.82, 2.24) is 5.32 Å². The zero-order chi connectivity index (χ0) is 8.97. The van der Waals surface area contributed by atoms with E-state index in [1.165, 1.54) is 25.7 Å². The molecule has 2 nitrogen and oxygen atoms in total. The molecule has 0 aromatic rings. The monoisotopic (exact) mass is 170 g/mol. The molecule has 0 bridgehead atoms. The average molecular weight is 170 g/mol. The van der Waals surface area contributed by atoms with E-state index >= 15 is 0 Å². The molecule has 0 spiro atoms. The molecule has 0 heterocycles. The van der Waals surface area contributed by atoms with E-state index in [4.69, 9.17) is 5.73 Å². The number of hydrogen-bond donors (Lipinski definition) is 2. The van der Waals surface area contributed by atoms with Crippen LogP contribution in [0.15, 0.2) is 0 Å². The maximum atomic E-state index is 5.67. The molecule has 0 aromatic carbocycles. The second-order valence-corrected chi connectivity index (χ2v) is 4.34. The first-order valence-electron chi connectivity index (χ1n) is 5.17. The number of hydrogen-bond acceptors (Lipinski definition) is 2. The van der Waals surface area contributed by atoms with Crippen LogP contribution in [0, 0.1) is 5.92 Å². The molecular weight excluding hydrogens is 148 g/mol. The fraction of sp³-hybridized carbons (Fsp3) is 1.00. The van der Waals surface area contributed by atoms with Gasteiger partial charge in [0.15, 0.2) is 0 Å². The SMILES string of the molecule is CC(N)CNC1CCC(C)CC1. The molecule has 2 heteroatoms. The molecule has 1 aliphatic carbocycles. The highest BCUT2D eigenvalue weighted by Crippen LogP contribution is 2.23. The van der Waals surface area contributed by atoms with Gasteiger partial charge in [-0.1, -0.05) is 6.92 Å². The Bertz CT molecular complexity index is 115. The fourth-order valence-electron chi connectivity index (χ4n) is 1.82. The maximum Gasteiger partial charge on any atom is 0.0136 e. The first kappa shape index (κ1) is 10.0. The molecule has 12 heavy (non-hydrogen) atoms. The summed E-state index contributed by atoms with van der Waals surface area (Å²) >= 11 is 0. The van der Waals surface area contributed by atoms with Crippen molar-refractivity contribution in [2.75, 3.05) is 6.54 Å². The summed E-state index contributed by atoms with van der Waals surface area (Å²) in [4.78, 5) is 0. The summed E-state index contributed by atoms with van der Waals surface area (Å²) in [6.07, 6.45) is 5.45. The van der Waals surface area contributed by atoms with Crippen LogP contribution in [0.5, 0.6) is 0 Å². The minimum Gasteiger partial charge on any atom is -0.327 e. The van der Waals surface area contributed by atoms with Gasteiger partial charge in [0.1, 0.15) is 0 Å². The van der Waals surface area contributed by atoms with Crippen LogP contribution in [0.3, 0.4) is 0 Å². The third-order valence-corrected chi connectivity index (χ3v) is 2.74. The molecule has 1 unspecified atom stereocenters. The molecule has 1 atom stereocenters. The van der Waals surface area contributed by atoms with Crippen LogP contribution in [-0.2, 0) is 0 Å². The Hall–Kier alpha value is -0.0800. The van der Waals surface area contributed by atoms with Crippen LogP contribution in [0.25, 0.3) is 0 Å². The predicted octanol–water partition coefficient (Wildman–Crippen LogP) is 1.50. The van der Waals surface area contributed by atoms with Crippen molar-refractivity contribution >= 4 is 0 Å². The van der Waals surface area contributed by atoms with Gasteiger partial charge in [-0.3, -0.25) is 0 Å². The Balaban J connectivity index is 2.09. The first-order valence-corrected chi connectivity index (χ1v) is 5.17. The molecule has 3 N–H and O–H groups in total. The van der Waals surface area contributed by atoms with Crippen molar-refractivity contribution in [3.63, 3.8) is 0 Å². The van der Waals surface area contributed by atoms with Crippen LogP contribution < -0.4 is 11.1 Å². The van der Waals surface area contributed by atoms with Crippen molar-refractivity contribution in [2.24, 2.45) is 11.7 Å². The van der Waals surface area contributed by atoms with Crippen LogP contribution in [0.4, 0.5) is 0 Å². The summed E-state index contributed by atoms with van der Waals surface area (Å²) in [6, 6.07) is 1.04. The van der Waals surface area contributed by atoms with E-state index in [0.717, 1.165) is 18.5 Å². The summed E-state index contributed by atoms with van der Waals surface area (Å²) in [5, 5.41) is 3.52. The maximum absolute atomic E-state index is 5.67. The van der Waals surface area contributed by atoms with Gasteiger partial charge < -0.3 is 11.1 Å². The molecule has 0 amide bonds. The Labute approximate surface area is 75.9 Å². The van der Waals surface area contributed by atoms with E-state index in [2.05, 4.69) is 19.2 Å². The van der Waals surface area contributed by atoms with Crippen molar-refractivity contribution in [3.8, 4) is 0 Å². The van der Waals surface area contributed by atoms with Crippen molar-refractivity contribution < 1.29 is 0 Å². The summed E-state index contributed by atoms with van der Waals surface area (Å²) in [6.45, 7) is 5.37. The quantitative estimate of drug-likeness (QED) is 0.673. The average Bonchev–Trinajstić information content (AvgIpc) is 2.03. The number of nitrogens with two attached hydrogens (primary N) is 1. The molecule has 0 aromatic heterocycles. The first-order chi connectivity index (χ1) is 5.68. The lowest BCUT2D eigenvalue weighted by molar-refractivity contribution is 0.305. The van der Waals surface area contributed by atoms with Crippen LogP contribution in [0.2, 0.25) is 0 Å². The summed E-state index contributed by atoms with van der Waals surface area (Å²) < 4.78 is 0. The van der Waals surface area contributed by atoms with Gasteiger partial charge in [0, 0.05) is 18.6 Å². The highest BCUT2D eigenvalue weighted by molar-refractivity contribution is 4.76. The topological polar surface area (TPSA) is 38.0 Å². The second-order valence-electron chi connectivity index (χ2n) is 4.34. The van der Waals surface area contributed by atoms with Crippen molar-refractivity contribution in [2.45, 2.75) is 51.6 Å². The van der Waals surface area contributed by atoms with Gasteiger partial charge in [-0.05, 0) is 38.5 Å². The Morgan fingerprint density at radius 3 is 2.42 bits per heavy atom. The molecule has 72 valence electrons. The van der Waals surface area contributed by atoms with Crippen LogP contribution in [-0.4, -0.2) is 18.6 Å². The fourth-order valence-corrected chi connectivity index (χ4v) is 1.82. The lowest BCUT2D eigenvalue weighted by Gasteiger charge is -2.27. The highest BCUT2D eigenvalue weighted by atomic mass is 14.9. The molecular formula is C10H22N2. The zero-order valence-electron chi connectivity index (χ0n) is 8.34. The van der Waals surface area contributed by atoms with Gasteiger partial charge in [0.25, 0.3) is 0 Å². The normalized spacial score (nSPS) is 33.2. The van der Waals surface area contributed by atoms with Crippen molar-refractivity contribution in [1.29, 1.82) is 0 Å². The summed E-state index contributed by atoms with van der Waals surface area (Å²) in [5.41, 5.74) is 5.67. The molecule has 0 saturated heterocycles. The van der Waals surface area contributed by atoms with Gasteiger partial charge >= 0.3 is 0 Å². The van der Waals surface area contributed by atoms with E-state index < -0.39 is 0 Å². The minimum atomic E-state index is 0.296. The molecule has 1 aliphatic rings. The number of rotatable bonds is 3. The Morgan fingerprint density at radius 2 is 1.92 bits per heavy atom. The van der Waals surface area contributed by atoms with Gasteiger partial charge in [0.2, 0.25) is 0 Å². The summed E-state index contributed by atoms with van der Waals surface area (Å²) in [5.74, 6) is 0.943. The van der Waals surface area contributed by atoms with Crippen LogP contribution >= 0.6 is 0 Å².